The van der Waals surface area contributed by atoms with Gasteiger partial charge in [-0.15, -0.1) is 6.58 Å². The molecule has 0 amide bonds. The number of carbonyl (C=O) groups is 2. The van der Waals surface area contributed by atoms with E-state index in [0.29, 0.717) is 42.3 Å². The SMILES string of the molecule is C=CCc1c(OCCCCCOc2ccc(C(=O)CN)cc2)ccc2c(=O)cc(C(=O)[O-])oc12.[Na+]. The van der Waals surface area contributed by atoms with Crippen LogP contribution in [0.15, 0.2) is 64.3 Å². The number of carbonyl (C=O) groups excluding carboxylic acids is 2. The number of nitrogens with two attached hydrogens (primary N) is 1. The van der Waals surface area contributed by atoms with E-state index >= 15 is 0 Å². The summed E-state index contributed by atoms with van der Waals surface area (Å²) in [5, 5.41) is 11.4. The first kappa shape index (κ1) is 28.3. The van der Waals surface area contributed by atoms with Crippen molar-refractivity contribution in [2.75, 3.05) is 19.8 Å². The average Bonchev–Trinajstić information content (AvgIpc) is 2.84. The molecule has 0 spiro atoms. The quantitative estimate of drug-likeness (QED) is 0.150. The second-order valence-corrected chi connectivity index (χ2v) is 7.58. The molecule has 0 radical (unpaired) electrons. The van der Waals surface area contributed by atoms with Gasteiger partial charge in [-0.05, 0) is 62.1 Å². The molecule has 2 N–H and O–H groups in total. The molecule has 2 aromatic carbocycles. The van der Waals surface area contributed by atoms with Gasteiger partial charge in [0.05, 0.1) is 25.1 Å². The van der Waals surface area contributed by atoms with Crippen LogP contribution in [0, 0.1) is 0 Å². The Bertz CT molecular complexity index is 1230. The van der Waals surface area contributed by atoms with Gasteiger partial charge in [-0.3, -0.25) is 9.59 Å². The summed E-state index contributed by atoms with van der Waals surface area (Å²) in [6, 6.07) is 11.0. The van der Waals surface area contributed by atoms with E-state index in [4.69, 9.17) is 19.6 Å². The van der Waals surface area contributed by atoms with Crippen molar-refractivity contribution in [2.45, 2.75) is 25.7 Å². The van der Waals surface area contributed by atoms with Crippen molar-refractivity contribution < 1.29 is 58.1 Å². The van der Waals surface area contributed by atoms with Crippen molar-refractivity contribution in [1.82, 2.24) is 0 Å². The van der Waals surface area contributed by atoms with Gasteiger partial charge in [-0.2, -0.15) is 0 Å². The van der Waals surface area contributed by atoms with Crippen LogP contribution in [0.2, 0.25) is 0 Å². The van der Waals surface area contributed by atoms with Crippen LogP contribution < -0.4 is 55.3 Å². The van der Waals surface area contributed by atoms with Gasteiger partial charge in [0.2, 0.25) is 0 Å². The van der Waals surface area contributed by atoms with Crippen LogP contribution in [0.3, 0.4) is 0 Å². The first-order valence-corrected chi connectivity index (χ1v) is 11.0. The van der Waals surface area contributed by atoms with Crippen molar-refractivity contribution in [1.29, 1.82) is 0 Å². The molecule has 0 saturated carbocycles. The Morgan fingerprint density at radius 2 is 1.71 bits per heavy atom. The van der Waals surface area contributed by atoms with Gasteiger partial charge >= 0.3 is 29.6 Å². The minimum atomic E-state index is -1.56. The smallest absolute Gasteiger partial charge is 0.542 e. The summed E-state index contributed by atoms with van der Waals surface area (Å²) in [4.78, 5) is 35.0. The molecule has 0 saturated heterocycles. The molecule has 0 bridgehead atoms. The Morgan fingerprint density at radius 3 is 2.34 bits per heavy atom. The van der Waals surface area contributed by atoms with Crippen LogP contribution in [0.1, 0.15) is 45.7 Å². The number of benzene rings is 2. The molecule has 0 fully saturated rings. The van der Waals surface area contributed by atoms with E-state index < -0.39 is 17.2 Å². The monoisotopic (exact) mass is 487 g/mol. The van der Waals surface area contributed by atoms with Crippen molar-refractivity contribution in [2.24, 2.45) is 5.73 Å². The summed E-state index contributed by atoms with van der Waals surface area (Å²) in [6.07, 6.45) is 4.41. The number of allylic oxidation sites excluding steroid dienone is 1. The van der Waals surface area contributed by atoms with Crippen LogP contribution >= 0.6 is 0 Å². The van der Waals surface area contributed by atoms with Crippen LogP contribution in [-0.4, -0.2) is 31.5 Å². The van der Waals surface area contributed by atoms with Crippen LogP contribution in [0.4, 0.5) is 0 Å². The maximum atomic E-state index is 12.2. The standard InChI is InChI=1S/C26H27NO7.Na/c1-2-6-20-23(12-11-19-21(28)15-24(26(30)31)34-25(19)20)33-14-5-3-4-13-32-18-9-7-17(8-10-18)22(29)16-27;/h2,7-12,15H,1,3-6,13-14,16,27H2,(H,30,31);/q;+1/p-1. The molecule has 3 aromatic rings. The Hall–Kier alpha value is -2.91. The summed E-state index contributed by atoms with van der Waals surface area (Å²) < 4.78 is 17.0. The molecule has 35 heavy (non-hydrogen) atoms. The largest absolute Gasteiger partial charge is 1.00 e. The van der Waals surface area contributed by atoms with Crippen LogP contribution in [0.5, 0.6) is 11.5 Å². The number of rotatable bonds is 13. The number of hydrogen-bond donors (Lipinski definition) is 1. The minimum absolute atomic E-state index is 0. The molecule has 0 aliphatic rings. The zero-order chi connectivity index (χ0) is 24.5. The Kier molecular flexibility index (Phi) is 11.2. The number of carboxylic acid groups (broad SMARTS) is 1. The van der Waals surface area contributed by atoms with Gasteiger partial charge in [0.1, 0.15) is 23.1 Å². The predicted molar refractivity (Wildman–Crippen MR) is 125 cm³/mol. The zero-order valence-corrected chi connectivity index (χ0v) is 21.7. The van der Waals surface area contributed by atoms with E-state index in [1.165, 1.54) is 0 Å². The van der Waals surface area contributed by atoms with Crippen molar-refractivity contribution >= 4 is 22.7 Å². The Balaban J connectivity index is 0.00000432. The number of hydrogen-bond acceptors (Lipinski definition) is 8. The summed E-state index contributed by atoms with van der Waals surface area (Å²) in [5.41, 5.74) is 6.18. The fraction of sp³-hybridized carbons (Fsp3) is 0.269. The second kappa shape index (κ2) is 13.8. The average molecular weight is 487 g/mol. The number of ether oxygens (including phenoxy) is 2. The van der Waals surface area contributed by atoms with Gasteiger partial charge in [0.25, 0.3) is 0 Å². The van der Waals surface area contributed by atoms with E-state index in [2.05, 4.69) is 6.58 Å². The molecular weight excluding hydrogens is 461 g/mol. The van der Waals surface area contributed by atoms with E-state index in [1.807, 2.05) is 0 Å². The van der Waals surface area contributed by atoms with E-state index in [9.17, 15) is 19.5 Å². The number of Topliss-reactive ketones (excluding diaryl/α,β-unsaturated/α-hetero) is 1. The summed E-state index contributed by atoms with van der Waals surface area (Å²) in [5.74, 6) is -1.00. The molecule has 8 nitrogen and oxygen atoms in total. The van der Waals surface area contributed by atoms with Crippen LogP contribution in [0.25, 0.3) is 11.0 Å². The number of ketones is 1. The topological polar surface area (TPSA) is 132 Å². The normalized spacial score (nSPS) is 10.4. The fourth-order valence-electron chi connectivity index (χ4n) is 3.44. The van der Waals surface area contributed by atoms with E-state index in [1.54, 1.807) is 42.5 Å². The maximum absolute atomic E-state index is 12.2. The maximum Gasteiger partial charge on any atom is 1.00 e. The molecular formula is C26H26NNaO7. The number of fused-ring (bicyclic) bond motifs is 1. The Labute approximate surface area is 225 Å². The third-order valence-corrected chi connectivity index (χ3v) is 5.18. The number of carboxylic acids is 1. The van der Waals surface area contributed by atoms with Crippen molar-refractivity contribution in [3.8, 4) is 11.5 Å². The van der Waals surface area contributed by atoms with Gasteiger partial charge in [-0.25, -0.2) is 0 Å². The molecule has 0 atom stereocenters. The van der Waals surface area contributed by atoms with E-state index in [-0.39, 0.29) is 52.9 Å². The third kappa shape index (κ3) is 7.53. The number of aromatic carboxylic acids is 1. The molecule has 0 aliphatic heterocycles. The molecule has 1 heterocycles. The number of unbranched alkanes of at least 4 members (excludes halogenated alkanes) is 2. The summed E-state index contributed by atoms with van der Waals surface area (Å²) in [7, 11) is 0. The molecule has 178 valence electrons. The third-order valence-electron chi connectivity index (χ3n) is 5.18. The van der Waals surface area contributed by atoms with E-state index in [0.717, 1.165) is 25.3 Å². The first-order chi connectivity index (χ1) is 16.4. The minimum Gasteiger partial charge on any atom is -0.542 e. The van der Waals surface area contributed by atoms with Gasteiger partial charge < -0.3 is 29.5 Å². The summed E-state index contributed by atoms with van der Waals surface area (Å²) in [6.45, 7) is 4.65. The van der Waals surface area contributed by atoms with Crippen molar-refractivity contribution in [3.05, 3.63) is 82.2 Å². The summed E-state index contributed by atoms with van der Waals surface area (Å²) >= 11 is 0. The van der Waals surface area contributed by atoms with Gasteiger partial charge in [0.15, 0.2) is 17.0 Å². The molecule has 1 aromatic heterocycles. The fourth-order valence-corrected chi connectivity index (χ4v) is 3.44. The zero-order valence-electron chi connectivity index (χ0n) is 19.7. The molecule has 9 heteroatoms. The van der Waals surface area contributed by atoms with Crippen LogP contribution in [-0.2, 0) is 6.42 Å². The Morgan fingerprint density at radius 1 is 1.03 bits per heavy atom. The van der Waals surface area contributed by atoms with Gasteiger partial charge in [-0.1, -0.05) is 6.08 Å². The second-order valence-electron chi connectivity index (χ2n) is 7.58. The molecule has 3 rings (SSSR count). The molecule has 0 aliphatic carbocycles. The predicted octanol–water partition coefficient (Wildman–Crippen LogP) is -0.341. The first-order valence-electron chi connectivity index (χ1n) is 11.0. The van der Waals surface area contributed by atoms with Crippen molar-refractivity contribution in [3.63, 3.8) is 0 Å². The molecule has 0 unspecified atom stereocenters. The van der Waals surface area contributed by atoms with Gasteiger partial charge in [0, 0.05) is 17.2 Å².